The van der Waals surface area contributed by atoms with Crippen molar-refractivity contribution in [2.24, 2.45) is 0 Å². The van der Waals surface area contributed by atoms with Crippen molar-refractivity contribution < 1.29 is 14.4 Å². The predicted molar refractivity (Wildman–Crippen MR) is 114 cm³/mol. The van der Waals surface area contributed by atoms with Crippen molar-refractivity contribution in [3.63, 3.8) is 0 Å². The number of hydrogen-bond donors (Lipinski definition) is 0. The van der Waals surface area contributed by atoms with Crippen molar-refractivity contribution in [3.05, 3.63) is 52.2 Å². The molecule has 0 radical (unpaired) electrons. The summed E-state index contributed by atoms with van der Waals surface area (Å²) in [5, 5.41) is 1.89. The first-order valence-electron chi connectivity index (χ1n) is 10.0. The molecule has 2 aromatic rings. The summed E-state index contributed by atoms with van der Waals surface area (Å²) in [4.78, 5) is 43.9. The number of ketones is 1. The van der Waals surface area contributed by atoms with Crippen LogP contribution in [0.15, 0.2) is 41.8 Å². The Labute approximate surface area is 174 Å². The second-order valence-corrected chi connectivity index (χ2v) is 8.50. The third kappa shape index (κ3) is 4.05. The monoisotopic (exact) mass is 411 g/mol. The van der Waals surface area contributed by atoms with Gasteiger partial charge in [0.15, 0.2) is 5.78 Å². The highest BCUT2D eigenvalue weighted by atomic mass is 32.1. The van der Waals surface area contributed by atoms with Gasteiger partial charge in [-0.05, 0) is 55.5 Å². The number of hydrogen-bond acceptors (Lipinski definition) is 5. The molecule has 0 N–H and O–H groups in total. The lowest BCUT2D eigenvalue weighted by molar-refractivity contribution is -0.135. The Morgan fingerprint density at radius 1 is 0.966 bits per heavy atom. The van der Waals surface area contributed by atoms with E-state index in [9.17, 15) is 14.4 Å². The minimum Gasteiger partial charge on any atom is -0.368 e. The summed E-state index contributed by atoms with van der Waals surface area (Å²) < 4.78 is 0. The number of carbonyl (C=O) groups is 3. The normalized spacial score (nSPS) is 19.5. The molecule has 2 amide bonds. The van der Waals surface area contributed by atoms with Crippen LogP contribution in [0.4, 0.5) is 5.69 Å². The molecule has 152 valence electrons. The molecule has 3 heterocycles. The van der Waals surface area contributed by atoms with E-state index in [4.69, 9.17) is 0 Å². The molecule has 7 heteroatoms. The Balaban J connectivity index is 1.37. The van der Waals surface area contributed by atoms with E-state index >= 15 is 0 Å². The molecule has 1 atom stereocenters. The van der Waals surface area contributed by atoms with Crippen LogP contribution in [0.3, 0.4) is 0 Å². The highest BCUT2D eigenvalue weighted by molar-refractivity contribution is 7.12. The van der Waals surface area contributed by atoms with Crippen molar-refractivity contribution in [1.29, 1.82) is 0 Å². The SMILES string of the molecule is CC(=O)c1ccc(N2CCN(C(=O)[C@@H]3CCCN3C(=O)c3cccs3)CC2)cc1. The summed E-state index contributed by atoms with van der Waals surface area (Å²) in [5.41, 5.74) is 1.77. The van der Waals surface area contributed by atoms with Crippen molar-refractivity contribution in [3.8, 4) is 0 Å². The number of anilines is 1. The minimum atomic E-state index is -0.342. The number of carbonyl (C=O) groups excluding carboxylic acids is 3. The van der Waals surface area contributed by atoms with Gasteiger partial charge in [0.2, 0.25) is 5.91 Å². The van der Waals surface area contributed by atoms with E-state index in [1.54, 1.807) is 11.8 Å². The summed E-state index contributed by atoms with van der Waals surface area (Å²) in [6.07, 6.45) is 1.61. The number of amides is 2. The summed E-state index contributed by atoms with van der Waals surface area (Å²) in [5.74, 6) is 0.101. The maximum Gasteiger partial charge on any atom is 0.264 e. The van der Waals surface area contributed by atoms with Crippen LogP contribution in [-0.2, 0) is 4.79 Å². The Bertz CT molecular complexity index is 887. The topological polar surface area (TPSA) is 60.9 Å². The molecule has 0 unspecified atom stereocenters. The van der Waals surface area contributed by atoms with Gasteiger partial charge in [0, 0.05) is 44.0 Å². The van der Waals surface area contributed by atoms with Gasteiger partial charge in [-0.25, -0.2) is 0 Å². The van der Waals surface area contributed by atoms with Crippen LogP contribution in [-0.4, -0.2) is 66.2 Å². The quantitative estimate of drug-likeness (QED) is 0.726. The number of benzene rings is 1. The summed E-state index contributed by atoms with van der Waals surface area (Å²) in [6, 6.07) is 11.0. The van der Waals surface area contributed by atoms with Crippen LogP contribution >= 0.6 is 11.3 Å². The molecule has 0 aliphatic carbocycles. The average Bonchev–Trinajstić information content (AvgIpc) is 3.45. The zero-order chi connectivity index (χ0) is 20.4. The summed E-state index contributed by atoms with van der Waals surface area (Å²) in [7, 11) is 0. The molecule has 0 spiro atoms. The Morgan fingerprint density at radius 2 is 1.69 bits per heavy atom. The zero-order valence-electron chi connectivity index (χ0n) is 16.5. The molecule has 4 rings (SSSR count). The van der Waals surface area contributed by atoms with E-state index in [0.717, 1.165) is 31.6 Å². The van der Waals surface area contributed by atoms with Crippen LogP contribution in [0.1, 0.15) is 39.8 Å². The molecule has 1 aromatic carbocycles. The minimum absolute atomic E-state index is 0.0277. The number of Topliss-reactive ketones (excluding diaryl/α,β-unsaturated/α-hetero) is 1. The summed E-state index contributed by atoms with van der Waals surface area (Å²) in [6.45, 7) is 4.99. The van der Waals surface area contributed by atoms with Crippen molar-refractivity contribution in [1.82, 2.24) is 9.80 Å². The molecule has 1 aromatic heterocycles. The fourth-order valence-electron chi connectivity index (χ4n) is 4.11. The average molecular weight is 412 g/mol. The molecule has 0 saturated carbocycles. The van der Waals surface area contributed by atoms with Crippen molar-refractivity contribution in [2.75, 3.05) is 37.6 Å². The number of piperazine rings is 1. The van der Waals surface area contributed by atoms with Crippen LogP contribution in [0.5, 0.6) is 0 Å². The van der Waals surface area contributed by atoms with Crippen LogP contribution in [0, 0.1) is 0 Å². The maximum absolute atomic E-state index is 13.1. The van der Waals surface area contributed by atoms with Gasteiger partial charge in [-0.15, -0.1) is 11.3 Å². The Hall–Kier alpha value is -2.67. The van der Waals surface area contributed by atoms with E-state index in [1.165, 1.54) is 11.3 Å². The Kier molecular flexibility index (Phi) is 5.67. The van der Waals surface area contributed by atoms with Crippen LogP contribution < -0.4 is 4.90 Å². The Morgan fingerprint density at radius 3 is 2.31 bits per heavy atom. The van der Waals surface area contributed by atoms with Gasteiger partial charge < -0.3 is 14.7 Å². The first kappa shape index (κ1) is 19.6. The van der Waals surface area contributed by atoms with Crippen LogP contribution in [0.2, 0.25) is 0 Å². The molecule has 2 saturated heterocycles. The second-order valence-electron chi connectivity index (χ2n) is 7.55. The van der Waals surface area contributed by atoms with Gasteiger partial charge in [-0.3, -0.25) is 14.4 Å². The molecule has 2 fully saturated rings. The van der Waals surface area contributed by atoms with Gasteiger partial charge in [0.1, 0.15) is 6.04 Å². The number of thiophene rings is 1. The maximum atomic E-state index is 13.1. The standard InChI is InChI=1S/C22H25N3O3S/c1-16(26)17-6-8-18(9-7-17)23-11-13-24(14-12-23)21(27)19-4-2-10-25(19)22(28)20-5-3-15-29-20/h3,5-9,15,19H,2,4,10-14H2,1H3/t19-/m0/s1. The highest BCUT2D eigenvalue weighted by Gasteiger charge is 2.37. The predicted octanol–water partition coefficient (Wildman–Crippen LogP) is 2.90. The highest BCUT2D eigenvalue weighted by Crippen LogP contribution is 2.25. The van der Waals surface area contributed by atoms with Gasteiger partial charge in [0.25, 0.3) is 5.91 Å². The largest absolute Gasteiger partial charge is 0.368 e. The fraction of sp³-hybridized carbons (Fsp3) is 0.409. The van der Waals surface area contributed by atoms with Gasteiger partial charge in [0.05, 0.1) is 4.88 Å². The fourth-order valence-corrected chi connectivity index (χ4v) is 4.79. The van der Waals surface area contributed by atoms with Crippen LogP contribution in [0.25, 0.3) is 0 Å². The third-order valence-electron chi connectivity index (χ3n) is 5.76. The van der Waals surface area contributed by atoms with Gasteiger partial charge in [-0.1, -0.05) is 6.07 Å². The lowest BCUT2D eigenvalue weighted by atomic mass is 10.1. The molecular weight excluding hydrogens is 386 g/mol. The van der Waals surface area contributed by atoms with Gasteiger partial charge >= 0.3 is 0 Å². The smallest absolute Gasteiger partial charge is 0.264 e. The van der Waals surface area contributed by atoms with E-state index in [-0.39, 0.29) is 23.6 Å². The van der Waals surface area contributed by atoms with Crippen molar-refractivity contribution >= 4 is 34.6 Å². The van der Waals surface area contributed by atoms with E-state index in [0.29, 0.717) is 30.1 Å². The molecular formula is C22H25N3O3S. The molecule has 2 aliphatic rings. The third-order valence-corrected chi connectivity index (χ3v) is 6.62. The van der Waals surface area contributed by atoms with Crippen molar-refractivity contribution in [2.45, 2.75) is 25.8 Å². The lowest BCUT2D eigenvalue weighted by Gasteiger charge is -2.38. The second kappa shape index (κ2) is 8.37. The lowest BCUT2D eigenvalue weighted by Crippen LogP contribution is -2.54. The first-order valence-corrected chi connectivity index (χ1v) is 10.9. The van der Waals surface area contributed by atoms with E-state index in [1.807, 2.05) is 46.7 Å². The molecule has 2 aliphatic heterocycles. The zero-order valence-corrected chi connectivity index (χ0v) is 17.4. The van der Waals surface area contributed by atoms with E-state index < -0.39 is 0 Å². The number of likely N-dealkylation sites (tertiary alicyclic amines) is 1. The molecule has 0 bridgehead atoms. The summed E-state index contributed by atoms with van der Waals surface area (Å²) >= 11 is 1.42. The number of nitrogens with zero attached hydrogens (tertiary/aromatic N) is 3. The first-order chi connectivity index (χ1) is 14.0. The van der Waals surface area contributed by atoms with E-state index in [2.05, 4.69) is 4.90 Å². The van der Waals surface area contributed by atoms with Gasteiger partial charge in [-0.2, -0.15) is 0 Å². The number of rotatable bonds is 4. The molecule has 29 heavy (non-hydrogen) atoms. The molecule has 6 nitrogen and oxygen atoms in total.